The topological polar surface area (TPSA) is 29.5 Å². The van der Waals surface area contributed by atoms with Crippen LogP contribution in [0.2, 0.25) is 5.02 Å². The van der Waals surface area contributed by atoms with Crippen LogP contribution in [0.5, 0.6) is 0 Å². The highest BCUT2D eigenvalue weighted by Crippen LogP contribution is 2.46. The number of hydrogen-bond donors (Lipinski definition) is 1. The summed E-state index contributed by atoms with van der Waals surface area (Å²) in [6, 6.07) is 4.00. The summed E-state index contributed by atoms with van der Waals surface area (Å²) in [5, 5.41) is 10.6. The molecule has 1 aliphatic rings. The van der Waals surface area contributed by atoms with Crippen LogP contribution >= 0.6 is 11.6 Å². The van der Waals surface area contributed by atoms with Crippen molar-refractivity contribution in [1.82, 2.24) is 0 Å². The number of rotatable bonds is 3. The van der Waals surface area contributed by atoms with Crippen LogP contribution in [-0.4, -0.2) is 17.8 Å². The van der Waals surface area contributed by atoms with Gasteiger partial charge in [0, 0.05) is 17.7 Å². The number of hydrogen-bond acceptors (Lipinski definition) is 2. The molecule has 0 bridgehead atoms. The molecule has 2 rings (SSSR count). The van der Waals surface area contributed by atoms with Crippen LogP contribution in [0, 0.1) is 5.82 Å². The van der Waals surface area contributed by atoms with Gasteiger partial charge in [-0.05, 0) is 37.5 Å². The second-order valence-corrected chi connectivity index (χ2v) is 4.60. The molecule has 1 aliphatic carbocycles. The summed E-state index contributed by atoms with van der Waals surface area (Å²) < 4.78 is 18.5. The van der Waals surface area contributed by atoms with Gasteiger partial charge in [-0.1, -0.05) is 11.6 Å². The summed E-state index contributed by atoms with van der Waals surface area (Å²) >= 11 is 5.95. The molecule has 1 atom stereocenters. The molecule has 4 heteroatoms. The molecular formula is C12H14ClFO2. The minimum atomic E-state index is -0.866. The molecule has 0 radical (unpaired) electrons. The molecular weight excluding hydrogens is 231 g/mol. The van der Waals surface area contributed by atoms with E-state index in [0.717, 1.165) is 19.3 Å². The predicted octanol–water partition coefficient (Wildman–Crippen LogP) is 3.08. The summed E-state index contributed by atoms with van der Waals surface area (Å²) in [5.41, 5.74) is -0.180. The van der Waals surface area contributed by atoms with Crippen molar-refractivity contribution in [3.8, 4) is 0 Å². The number of benzene rings is 1. The number of aliphatic hydroxyl groups is 1. The summed E-state index contributed by atoms with van der Waals surface area (Å²) in [4.78, 5) is 0. The highest BCUT2D eigenvalue weighted by Gasteiger charge is 2.45. The number of ether oxygens (including phenoxy) is 1. The average Bonchev–Trinajstić information content (AvgIpc) is 2.21. The van der Waals surface area contributed by atoms with Crippen LogP contribution in [0.4, 0.5) is 4.39 Å². The lowest BCUT2D eigenvalue weighted by Gasteiger charge is -2.44. The van der Waals surface area contributed by atoms with Gasteiger partial charge in [0.2, 0.25) is 0 Å². The van der Waals surface area contributed by atoms with Gasteiger partial charge in [-0.3, -0.25) is 0 Å². The Morgan fingerprint density at radius 3 is 2.69 bits per heavy atom. The summed E-state index contributed by atoms with van der Waals surface area (Å²) in [5.74, 6) is -0.399. The van der Waals surface area contributed by atoms with Gasteiger partial charge in [-0.2, -0.15) is 0 Å². The van der Waals surface area contributed by atoms with Crippen molar-refractivity contribution in [1.29, 1.82) is 0 Å². The minimum Gasteiger partial charge on any atom is -0.385 e. The first-order valence-electron chi connectivity index (χ1n) is 5.27. The Morgan fingerprint density at radius 2 is 2.19 bits per heavy atom. The van der Waals surface area contributed by atoms with Gasteiger partial charge in [0.25, 0.3) is 0 Å². The van der Waals surface area contributed by atoms with Crippen LogP contribution in [0.15, 0.2) is 18.2 Å². The van der Waals surface area contributed by atoms with Gasteiger partial charge >= 0.3 is 0 Å². The summed E-state index contributed by atoms with van der Waals surface area (Å²) in [6.45, 7) is 0. The molecule has 0 aromatic heterocycles. The second-order valence-electron chi connectivity index (χ2n) is 4.19. The van der Waals surface area contributed by atoms with E-state index in [4.69, 9.17) is 16.3 Å². The first-order valence-corrected chi connectivity index (χ1v) is 5.65. The molecule has 1 fully saturated rings. The molecule has 0 saturated heterocycles. The zero-order valence-electron chi connectivity index (χ0n) is 9.04. The molecule has 1 N–H and O–H groups in total. The van der Waals surface area contributed by atoms with E-state index in [0.29, 0.717) is 10.6 Å². The van der Waals surface area contributed by atoms with Crippen molar-refractivity contribution in [3.05, 3.63) is 34.6 Å². The molecule has 1 aromatic carbocycles. The zero-order valence-corrected chi connectivity index (χ0v) is 9.80. The van der Waals surface area contributed by atoms with Gasteiger partial charge in [0.1, 0.15) is 11.9 Å². The van der Waals surface area contributed by atoms with Gasteiger partial charge in [-0.25, -0.2) is 4.39 Å². The van der Waals surface area contributed by atoms with E-state index in [1.165, 1.54) is 18.2 Å². The molecule has 0 aliphatic heterocycles. The minimum absolute atomic E-state index is 0.372. The Hall–Kier alpha value is -0.640. The molecule has 1 aromatic rings. The quantitative estimate of drug-likeness (QED) is 0.886. The lowest BCUT2D eigenvalue weighted by atomic mass is 9.73. The van der Waals surface area contributed by atoms with E-state index in [2.05, 4.69) is 0 Å². The SMILES string of the molecule is COC1(C(O)c2cc(F)ccc2Cl)CCC1. The van der Waals surface area contributed by atoms with E-state index in [1.807, 2.05) is 0 Å². The maximum Gasteiger partial charge on any atom is 0.123 e. The molecule has 2 nitrogen and oxygen atoms in total. The Morgan fingerprint density at radius 1 is 1.50 bits per heavy atom. The number of methoxy groups -OCH3 is 1. The third-order valence-electron chi connectivity index (χ3n) is 3.36. The average molecular weight is 245 g/mol. The number of halogens is 2. The first kappa shape index (κ1) is 11.8. The monoisotopic (exact) mass is 244 g/mol. The first-order chi connectivity index (χ1) is 7.59. The van der Waals surface area contributed by atoms with Gasteiger partial charge in [0.05, 0.1) is 5.60 Å². The fraction of sp³-hybridized carbons (Fsp3) is 0.500. The van der Waals surface area contributed by atoms with E-state index in [1.54, 1.807) is 7.11 Å². The van der Waals surface area contributed by atoms with Crippen LogP contribution < -0.4 is 0 Å². The molecule has 88 valence electrons. The van der Waals surface area contributed by atoms with Crippen molar-refractivity contribution in [2.24, 2.45) is 0 Å². The molecule has 16 heavy (non-hydrogen) atoms. The van der Waals surface area contributed by atoms with Gasteiger partial charge < -0.3 is 9.84 Å². The Labute approximate surface area is 99.0 Å². The maximum absolute atomic E-state index is 13.1. The lowest BCUT2D eigenvalue weighted by molar-refractivity contribution is -0.151. The predicted molar refractivity (Wildman–Crippen MR) is 60.0 cm³/mol. The van der Waals surface area contributed by atoms with E-state index < -0.39 is 17.5 Å². The van der Waals surface area contributed by atoms with Crippen LogP contribution in [0.3, 0.4) is 0 Å². The molecule has 0 heterocycles. The van der Waals surface area contributed by atoms with Crippen molar-refractivity contribution in [2.45, 2.75) is 31.0 Å². The highest BCUT2D eigenvalue weighted by molar-refractivity contribution is 6.31. The standard InChI is InChI=1S/C12H14ClFO2/c1-16-12(5-2-6-12)11(15)9-7-8(14)3-4-10(9)13/h3-4,7,11,15H,2,5-6H2,1H3. The van der Waals surface area contributed by atoms with Crippen molar-refractivity contribution in [2.75, 3.05) is 7.11 Å². The lowest BCUT2D eigenvalue weighted by Crippen LogP contribution is -2.45. The van der Waals surface area contributed by atoms with Crippen LogP contribution in [0.25, 0.3) is 0 Å². The normalized spacial score (nSPS) is 20.2. The van der Waals surface area contributed by atoms with Crippen molar-refractivity contribution >= 4 is 11.6 Å². The van der Waals surface area contributed by atoms with Gasteiger partial charge in [0.15, 0.2) is 0 Å². The Bertz CT molecular complexity index is 385. The maximum atomic E-state index is 13.1. The van der Waals surface area contributed by atoms with E-state index in [9.17, 15) is 9.50 Å². The van der Waals surface area contributed by atoms with Crippen LogP contribution in [0.1, 0.15) is 30.9 Å². The zero-order chi connectivity index (χ0) is 11.8. The fourth-order valence-electron chi connectivity index (χ4n) is 2.12. The van der Waals surface area contributed by atoms with Crippen LogP contribution in [-0.2, 0) is 4.74 Å². The van der Waals surface area contributed by atoms with Crippen molar-refractivity contribution < 1.29 is 14.2 Å². The Balaban J connectivity index is 2.32. The second kappa shape index (κ2) is 4.32. The van der Waals surface area contributed by atoms with E-state index in [-0.39, 0.29) is 0 Å². The molecule has 1 unspecified atom stereocenters. The van der Waals surface area contributed by atoms with Gasteiger partial charge in [-0.15, -0.1) is 0 Å². The summed E-state index contributed by atoms with van der Waals surface area (Å²) in [6.07, 6.45) is 1.70. The smallest absolute Gasteiger partial charge is 0.123 e. The third-order valence-corrected chi connectivity index (χ3v) is 3.70. The number of aliphatic hydroxyl groups excluding tert-OH is 1. The van der Waals surface area contributed by atoms with E-state index >= 15 is 0 Å². The Kier molecular flexibility index (Phi) is 3.19. The molecule has 0 amide bonds. The fourth-order valence-corrected chi connectivity index (χ4v) is 2.34. The third kappa shape index (κ3) is 1.83. The largest absolute Gasteiger partial charge is 0.385 e. The van der Waals surface area contributed by atoms with Crippen molar-refractivity contribution in [3.63, 3.8) is 0 Å². The highest BCUT2D eigenvalue weighted by atomic mass is 35.5. The molecule has 1 saturated carbocycles. The molecule has 0 spiro atoms. The summed E-state index contributed by atoms with van der Waals surface area (Å²) in [7, 11) is 1.57.